The fraction of sp³-hybridized carbons (Fsp3) is 0.105. The first-order valence-corrected chi connectivity index (χ1v) is 9.16. The number of aromatic nitrogens is 3. The first kappa shape index (κ1) is 17.2. The van der Waals surface area contributed by atoms with Crippen LogP contribution in [0.15, 0.2) is 58.5 Å². The molecule has 0 bridgehead atoms. The topological polar surface area (TPSA) is 103 Å². The third kappa shape index (κ3) is 2.93. The van der Waals surface area contributed by atoms with Gasteiger partial charge in [-0.3, -0.25) is 9.59 Å². The molecule has 7 nitrogen and oxygen atoms in total. The number of methoxy groups -OCH3 is 1. The number of nitrogens with zero attached hydrogens (tertiary/aromatic N) is 2. The molecule has 2 heterocycles. The molecule has 4 aromatic rings. The number of amides is 1. The van der Waals surface area contributed by atoms with E-state index in [0.717, 1.165) is 22.7 Å². The molecule has 0 saturated carbocycles. The Morgan fingerprint density at radius 3 is 2.74 bits per heavy atom. The lowest BCUT2D eigenvalue weighted by atomic mass is 10.2. The maximum Gasteiger partial charge on any atom is 0.283 e. The van der Waals surface area contributed by atoms with Crippen LogP contribution in [-0.4, -0.2) is 33.3 Å². The van der Waals surface area contributed by atoms with Crippen molar-refractivity contribution in [2.24, 2.45) is 5.73 Å². The summed E-state index contributed by atoms with van der Waals surface area (Å²) >= 11 is 1.12. The molecular weight excluding hydrogens is 364 g/mol. The van der Waals surface area contributed by atoms with Crippen molar-refractivity contribution in [1.82, 2.24) is 14.5 Å². The molecule has 2 aromatic carbocycles. The minimum atomic E-state index is -0.486. The molecule has 0 aliphatic heterocycles. The third-order valence-electron chi connectivity index (χ3n) is 4.16. The summed E-state index contributed by atoms with van der Waals surface area (Å²) in [7, 11) is 1.54. The van der Waals surface area contributed by atoms with Crippen LogP contribution in [0.25, 0.3) is 27.6 Å². The van der Waals surface area contributed by atoms with Gasteiger partial charge in [0.1, 0.15) is 16.8 Å². The van der Waals surface area contributed by atoms with E-state index in [1.165, 1.54) is 11.7 Å². The number of fused-ring (bicyclic) bond motifs is 3. The summed E-state index contributed by atoms with van der Waals surface area (Å²) in [4.78, 5) is 32.5. The van der Waals surface area contributed by atoms with Gasteiger partial charge in [-0.25, -0.2) is 9.55 Å². The van der Waals surface area contributed by atoms with E-state index in [0.29, 0.717) is 27.6 Å². The molecule has 0 saturated heterocycles. The third-order valence-corrected chi connectivity index (χ3v) is 5.12. The molecule has 0 spiro atoms. The maximum atomic E-state index is 13.3. The molecule has 0 radical (unpaired) electrons. The highest BCUT2D eigenvalue weighted by molar-refractivity contribution is 7.99. The smallest absolute Gasteiger partial charge is 0.283 e. The Morgan fingerprint density at radius 2 is 1.96 bits per heavy atom. The van der Waals surface area contributed by atoms with Gasteiger partial charge in [-0.05, 0) is 18.2 Å². The maximum absolute atomic E-state index is 13.3. The fourth-order valence-corrected chi connectivity index (χ4v) is 3.74. The molecule has 8 heteroatoms. The molecule has 0 atom stereocenters. The van der Waals surface area contributed by atoms with Gasteiger partial charge < -0.3 is 15.5 Å². The standard InChI is InChI=1S/C19H16N4O3S/c1-26-14-9-5-4-8-13(14)23-18(25)17-16(22-19(23)27-10-15(20)24)11-6-2-3-7-12(11)21-17/h2-9,21H,10H2,1H3,(H2,20,24). The Balaban J connectivity index is 2.07. The molecule has 4 rings (SSSR count). The Labute approximate surface area is 158 Å². The molecule has 0 unspecified atom stereocenters. The zero-order chi connectivity index (χ0) is 19.0. The van der Waals surface area contributed by atoms with Gasteiger partial charge in [0.2, 0.25) is 5.91 Å². The Kier molecular flexibility index (Phi) is 4.33. The van der Waals surface area contributed by atoms with Crippen molar-refractivity contribution in [3.63, 3.8) is 0 Å². The second-order valence-electron chi connectivity index (χ2n) is 5.86. The molecule has 0 aliphatic rings. The highest BCUT2D eigenvalue weighted by Crippen LogP contribution is 2.29. The summed E-state index contributed by atoms with van der Waals surface area (Å²) in [6, 6.07) is 14.7. The Hall–Kier alpha value is -3.26. The number of carbonyl (C=O) groups is 1. The van der Waals surface area contributed by atoms with Crippen molar-refractivity contribution in [3.8, 4) is 11.4 Å². The van der Waals surface area contributed by atoms with Gasteiger partial charge in [-0.2, -0.15) is 0 Å². The van der Waals surface area contributed by atoms with Gasteiger partial charge in [0.15, 0.2) is 5.16 Å². The van der Waals surface area contributed by atoms with E-state index >= 15 is 0 Å². The monoisotopic (exact) mass is 380 g/mol. The van der Waals surface area contributed by atoms with E-state index in [2.05, 4.69) is 9.97 Å². The zero-order valence-corrected chi connectivity index (χ0v) is 15.2. The number of hydrogen-bond donors (Lipinski definition) is 2. The number of para-hydroxylation sites is 3. The van der Waals surface area contributed by atoms with E-state index in [9.17, 15) is 9.59 Å². The van der Waals surface area contributed by atoms with Crippen LogP contribution in [0.5, 0.6) is 5.75 Å². The lowest BCUT2D eigenvalue weighted by Gasteiger charge is -2.14. The van der Waals surface area contributed by atoms with Crippen molar-refractivity contribution in [3.05, 3.63) is 58.9 Å². The second kappa shape index (κ2) is 6.81. The summed E-state index contributed by atoms with van der Waals surface area (Å²) in [5.41, 5.74) is 7.35. The summed E-state index contributed by atoms with van der Waals surface area (Å²) in [5.74, 6) is 0.0489. The summed E-state index contributed by atoms with van der Waals surface area (Å²) < 4.78 is 6.86. The predicted octanol–water partition coefficient (Wildman–Crippen LogP) is 2.45. The van der Waals surface area contributed by atoms with Gasteiger partial charge in [-0.1, -0.05) is 42.1 Å². The van der Waals surface area contributed by atoms with Gasteiger partial charge in [0.25, 0.3) is 5.56 Å². The predicted molar refractivity (Wildman–Crippen MR) is 106 cm³/mol. The number of H-pyrrole nitrogens is 1. The van der Waals surface area contributed by atoms with Crippen molar-refractivity contribution >= 4 is 39.6 Å². The van der Waals surface area contributed by atoms with Crippen LogP contribution >= 0.6 is 11.8 Å². The molecule has 3 N–H and O–H groups in total. The van der Waals surface area contributed by atoms with E-state index in [1.807, 2.05) is 36.4 Å². The molecule has 0 fully saturated rings. The largest absolute Gasteiger partial charge is 0.495 e. The number of ether oxygens (including phenoxy) is 1. The normalized spacial score (nSPS) is 11.1. The first-order chi connectivity index (χ1) is 13.1. The molecule has 2 aromatic heterocycles. The fourth-order valence-electron chi connectivity index (χ4n) is 3.00. The Bertz CT molecular complexity index is 1230. The van der Waals surface area contributed by atoms with Gasteiger partial charge in [0, 0.05) is 10.9 Å². The van der Waals surface area contributed by atoms with Crippen LogP contribution in [0, 0.1) is 0 Å². The van der Waals surface area contributed by atoms with E-state index < -0.39 is 5.91 Å². The number of nitrogens with one attached hydrogen (secondary N) is 1. The van der Waals surface area contributed by atoms with Crippen molar-refractivity contribution in [1.29, 1.82) is 0 Å². The highest BCUT2D eigenvalue weighted by atomic mass is 32.2. The molecule has 27 heavy (non-hydrogen) atoms. The second-order valence-corrected chi connectivity index (χ2v) is 6.80. The van der Waals surface area contributed by atoms with E-state index in [4.69, 9.17) is 10.5 Å². The number of aromatic amines is 1. The zero-order valence-electron chi connectivity index (χ0n) is 14.4. The SMILES string of the molecule is COc1ccccc1-n1c(SCC(N)=O)nc2c([nH]c3ccccc32)c1=O. The molecule has 0 aliphatic carbocycles. The first-order valence-electron chi connectivity index (χ1n) is 8.18. The van der Waals surface area contributed by atoms with Crippen LogP contribution in [0.1, 0.15) is 0 Å². The summed E-state index contributed by atoms with van der Waals surface area (Å²) in [6.07, 6.45) is 0. The molecular formula is C19H16N4O3S. The average Bonchev–Trinajstić information content (AvgIpc) is 3.05. The van der Waals surface area contributed by atoms with Crippen molar-refractivity contribution in [2.45, 2.75) is 5.16 Å². The number of benzene rings is 2. The quantitative estimate of drug-likeness (QED) is 0.409. The van der Waals surface area contributed by atoms with Crippen LogP contribution in [0.2, 0.25) is 0 Å². The lowest BCUT2D eigenvalue weighted by molar-refractivity contribution is -0.115. The minimum absolute atomic E-state index is 0.00938. The summed E-state index contributed by atoms with van der Waals surface area (Å²) in [5, 5.41) is 1.22. The number of primary amides is 1. The Morgan fingerprint density at radius 1 is 1.22 bits per heavy atom. The summed E-state index contributed by atoms with van der Waals surface area (Å²) in [6.45, 7) is 0. The average molecular weight is 380 g/mol. The lowest BCUT2D eigenvalue weighted by Crippen LogP contribution is -2.23. The minimum Gasteiger partial charge on any atom is -0.495 e. The van der Waals surface area contributed by atoms with Gasteiger partial charge >= 0.3 is 0 Å². The molecule has 1 amide bonds. The van der Waals surface area contributed by atoms with Crippen molar-refractivity contribution < 1.29 is 9.53 Å². The van der Waals surface area contributed by atoms with Gasteiger partial charge in [0.05, 0.1) is 18.6 Å². The number of carbonyl (C=O) groups excluding carboxylic acids is 1. The van der Waals surface area contributed by atoms with E-state index in [1.54, 1.807) is 12.1 Å². The van der Waals surface area contributed by atoms with Crippen LogP contribution in [0.3, 0.4) is 0 Å². The van der Waals surface area contributed by atoms with Crippen LogP contribution in [0.4, 0.5) is 0 Å². The van der Waals surface area contributed by atoms with Crippen molar-refractivity contribution in [2.75, 3.05) is 12.9 Å². The number of hydrogen-bond acceptors (Lipinski definition) is 5. The van der Waals surface area contributed by atoms with Crippen LogP contribution < -0.4 is 16.0 Å². The van der Waals surface area contributed by atoms with Crippen LogP contribution in [-0.2, 0) is 4.79 Å². The number of thioether (sulfide) groups is 1. The number of nitrogens with two attached hydrogens (primary N) is 1. The molecule has 136 valence electrons. The van der Waals surface area contributed by atoms with Gasteiger partial charge in [-0.15, -0.1) is 0 Å². The van der Waals surface area contributed by atoms with E-state index in [-0.39, 0.29) is 11.3 Å². The number of rotatable bonds is 5. The highest BCUT2D eigenvalue weighted by Gasteiger charge is 2.19.